The molecule has 0 aliphatic heterocycles. The zero-order valence-corrected chi connectivity index (χ0v) is 10.6. The lowest BCUT2D eigenvalue weighted by molar-refractivity contribution is 0.0577. The smallest absolute Gasteiger partial charge is 0.0909 e. The van der Waals surface area contributed by atoms with E-state index < -0.39 is 5.60 Å². The molecule has 2 aromatic rings. The van der Waals surface area contributed by atoms with E-state index in [1.54, 1.807) is 23.5 Å². The van der Waals surface area contributed by atoms with Crippen molar-refractivity contribution in [3.63, 3.8) is 0 Å². The van der Waals surface area contributed by atoms with Gasteiger partial charge in [0.25, 0.3) is 0 Å². The summed E-state index contributed by atoms with van der Waals surface area (Å²) >= 11 is 7.47. The molecule has 0 fully saturated rings. The summed E-state index contributed by atoms with van der Waals surface area (Å²) in [5, 5.41) is 15.2. The predicted molar refractivity (Wildman–Crippen MR) is 69.0 cm³/mol. The van der Waals surface area contributed by atoms with Crippen LogP contribution < -0.4 is 0 Å². The molecule has 0 spiro atoms. The van der Waals surface area contributed by atoms with Crippen molar-refractivity contribution < 1.29 is 5.11 Å². The molecule has 16 heavy (non-hydrogen) atoms. The van der Waals surface area contributed by atoms with Crippen LogP contribution in [0.15, 0.2) is 41.1 Å². The van der Waals surface area contributed by atoms with Gasteiger partial charge < -0.3 is 5.11 Å². The van der Waals surface area contributed by atoms with E-state index in [1.807, 2.05) is 30.5 Å². The second-order valence-electron chi connectivity index (χ2n) is 4.09. The average Bonchev–Trinajstić information content (AvgIpc) is 2.70. The van der Waals surface area contributed by atoms with Crippen LogP contribution in [0, 0.1) is 0 Å². The van der Waals surface area contributed by atoms with Gasteiger partial charge in [0, 0.05) is 11.4 Å². The third kappa shape index (κ3) is 2.64. The largest absolute Gasteiger partial charge is 0.385 e. The SMILES string of the molecule is CC(O)(Cc1ccsc1)c1ccc(Cl)cc1. The van der Waals surface area contributed by atoms with Gasteiger partial charge in [-0.2, -0.15) is 11.3 Å². The topological polar surface area (TPSA) is 20.2 Å². The standard InChI is InChI=1S/C13H13ClOS/c1-13(15,8-10-6-7-16-9-10)11-2-4-12(14)5-3-11/h2-7,9,15H,8H2,1H3. The van der Waals surface area contributed by atoms with Crippen LogP contribution in [-0.2, 0) is 12.0 Å². The molecule has 0 bridgehead atoms. The Morgan fingerprint density at radius 2 is 1.94 bits per heavy atom. The highest BCUT2D eigenvalue weighted by Gasteiger charge is 2.23. The summed E-state index contributed by atoms with van der Waals surface area (Å²) in [4.78, 5) is 0. The van der Waals surface area contributed by atoms with Crippen molar-refractivity contribution in [3.05, 3.63) is 57.2 Å². The molecule has 0 radical (unpaired) electrons. The molecule has 1 atom stereocenters. The maximum Gasteiger partial charge on any atom is 0.0909 e. The van der Waals surface area contributed by atoms with E-state index in [0.717, 1.165) is 11.1 Å². The summed E-state index contributed by atoms with van der Waals surface area (Å²) in [6.45, 7) is 1.83. The van der Waals surface area contributed by atoms with Gasteiger partial charge in [-0.1, -0.05) is 23.7 Å². The molecule has 2 rings (SSSR count). The number of aliphatic hydroxyl groups is 1. The first-order chi connectivity index (χ1) is 7.58. The second kappa shape index (κ2) is 4.58. The highest BCUT2D eigenvalue weighted by atomic mass is 35.5. The molecule has 3 heteroatoms. The van der Waals surface area contributed by atoms with Crippen LogP contribution in [0.4, 0.5) is 0 Å². The molecular weight excluding hydrogens is 240 g/mol. The van der Waals surface area contributed by atoms with E-state index in [1.165, 1.54) is 0 Å². The molecule has 0 amide bonds. The Morgan fingerprint density at radius 1 is 1.25 bits per heavy atom. The number of hydrogen-bond donors (Lipinski definition) is 1. The van der Waals surface area contributed by atoms with Gasteiger partial charge in [0.05, 0.1) is 5.60 Å². The third-order valence-corrected chi connectivity index (χ3v) is 3.58. The number of thiophene rings is 1. The number of rotatable bonds is 3. The van der Waals surface area contributed by atoms with Gasteiger partial charge in [-0.25, -0.2) is 0 Å². The number of hydrogen-bond acceptors (Lipinski definition) is 2. The summed E-state index contributed by atoms with van der Waals surface area (Å²) in [5.41, 5.74) is 1.21. The van der Waals surface area contributed by atoms with Gasteiger partial charge >= 0.3 is 0 Å². The van der Waals surface area contributed by atoms with Crippen LogP contribution in [0.25, 0.3) is 0 Å². The van der Waals surface area contributed by atoms with E-state index in [9.17, 15) is 5.11 Å². The first-order valence-electron chi connectivity index (χ1n) is 5.07. The summed E-state index contributed by atoms with van der Waals surface area (Å²) in [5.74, 6) is 0. The fraction of sp³-hybridized carbons (Fsp3) is 0.231. The quantitative estimate of drug-likeness (QED) is 0.880. The Bertz CT molecular complexity index is 445. The van der Waals surface area contributed by atoms with Gasteiger partial charge in [0.2, 0.25) is 0 Å². The van der Waals surface area contributed by atoms with Crippen molar-refractivity contribution in [2.24, 2.45) is 0 Å². The van der Waals surface area contributed by atoms with Crippen molar-refractivity contribution >= 4 is 22.9 Å². The van der Waals surface area contributed by atoms with Crippen molar-refractivity contribution in [1.29, 1.82) is 0 Å². The van der Waals surface area contributed by atoms with E-state index in [-0.39, 0.29) is 0 Å². The molecule has 84 valence electrons. The Kier molecular flexibility index (Phi) is 3.33. The highest BCUT2D eigenvalue weighted by Crippen LogP contribution is 2.27. The first kappa shape index (κ1) is 11.6. The molecule has 1 heterocycles. The Labute approximate surface area is 104 Å². The Morgan fingerprint density at radius 3 is 2.50 bits per heavy atom. The molecule has 0 saturated carbocycles. The summed E-state index contributed by atoms with van der Waals surface area (Å²) < 4.78 is 0. The minimum atomic E-state index is -0.842. The van der Waals surface area contributed by atoms with Gasteiger partial charge in [0.1, 0.15) is 0 Å². The van der Waals surface area contributed by atoms with Crippen LogP contribution in [0.3, 0.4) is 0 Å². The minimum absolute atomic E-state index is 0.623. The van der Waals surface area contributed by atoms with E-state index in [0.29, 0.717) is 11.4 Å². The van der Waals surface area contributed by atoms with E-state index in [4.69, 9.17) is 11.6 Å². The molecule has 1 N–H and O–H groups in total. The zero-order valence-electron chi connectivity index (χ0n) is 8.98. The van der Waals surface area contributed by atoms with Crippen molar-refractivity contribution in [2.45, 2.75) is 18.9 Å². The van der Waals surface area contributed by atoms with Crippen molar-refractivity contribution in [1.82, 2.24) is 0 Å². The van der Waals surface area contributed by atoms with E-state index >= 15 is 0 Å². The normalized spacial score (nSPS) is 14.7. The molecular formula is C13H13ClOS. The predicted octanol–water partition coefficient (Wildman–Crippen LogP) is 3.85. The minimum Gasteiger partial charge on any atom is -0.385 e. The Balaban J connectivity index is 2.21. The number of halogens is 1. The molecule has 1 aromatic heterocycles. The second-order valence-corrected chi connectivity index (χ2v) is 5.31. The van der Waals surface area contributed by atoms with Crippen LogP contribution in [0.5, 0.6) is 0 Å². The van der Waals surface area contributed by atoms with Gasteiger partial charge in [-0.15, -0.1) is 0 Å². The fourth-order valence-electron chi connectivity index (χ4n) is 1.70. The molecule has 0 saturated heterocycles. The monoisotopic (exact) mass is 252 g/mol. The first-order valence-corrected chi connectivity index (χ1v) is 6.39. The van der Waals surface area contributed by atoms with Gasteiger partial charge in [-0.05, 0) is 47.0 Å². The molecule has 1 nitrogen and oxygen atoms in total. The zero-order chi connectivity index (χ0) is 11.6. The van der Waals surface area contributed by atoms with Crippen LogP contribution >= 0.6 is 22.9 Å². The average molecular weight is 253 g/mol. The molecule has 0 aliphatic carbocycles. The van der Waals surface area contributed by atoms with Crippen LogP contribution in [-0.4, -0.2) is 5.11 Å². The van der Waals surface area contributed by atoms with Crippen molar-refractivity contribution in [3.8, 4) is 0 Å². The summed E-state index contributed by atoms with van der Waals surface area (Å²) in [6.07, 6.45) is 0.623. The van der Waals surface area contributed by atoms with Gasteiger partial charge in [-0.3, -0.25) is 0 Å². The highest BCUT2D eigenvalue weighted by molar-refractivity contribution is 7.07. The lowest BCUT2D eigenvalue weighted by atomic mass is 9.90. The van der Waals surface area contributed by atoms with E-state index in [2.05, 4.69) is 5.38 Å². The van der Waals surface area contributed by atoms with Crippen LogP contribution in [0.2, 0.25) is 5.02 Å². The molecule has 1 aromatic carbocycles. The summed E-state index contributed by atoms with van der Waals surface area (Å²) in [7, 11) is 0. The molecule has 1 unspecified atom stereocenters. The lowest BCUT2D eigenvalue weighted by Gasteiger charge is -2.23. The van der Waals surface area contributed by atoms with Crippen LogP contribution in [0.1, 0.15) is 18.1 Å². The molecule has 0 aliphatic rings. The Hall–Kier alpha value is -0.830. The van der Waals surface area contributed by atoms with Gasteiger partial charge in [0.15, 0.2) is 0 Å². The maximum absolute atomic E-state index is 10.4. The fourth-order valence-corrected chi connectivity index (χ4v) is 2.50. The lowest BCUT2D eigenvalue weighted by Crippen LogP contribution is -2.23. The number of benzene rings is 1. The summed E-state index contributed by atoms with van der Waals surface area (Å²) in [6, 6.07) is 9.39. The third-order valence-electron chi connectivity index (χ3n) is 2.59. The van der Waals surface area contributed by atoms with Crippen molar-refractivity contribution in [2.75, 3.05) is 0 Å². The maximum atomic E-state index is 10.4.